The van der Waals surface area contributed by atoms with E-state index in [1.165, 1.54) is 83.5 Å². The van der Waals surface area contributed by atoms with Gasteiger partial charge in [-0.05, 0) is 30.1 Å². The molecule has 0 nitrogen and oxygen atoms in total. The first-order valence-electron chi connectivity index (χ1n) is 10.1. The fraction of sp³-hybridized carbons (Fsp3) is 1.00. The Labute approximate surface area is 135 Å². The van der Waals surface area contributed by atoms with Gasteiger partial charge in [0.25, 0.3) is 0 Å². The van der Waals surface area contributed by atoms with Crippen LogP contribution >= 0.6 is 0 Å². The third-order valence-corrected chi connectivity index (χ3v) is 5.41. The third kappa shape index (κ3) is 10.4. The maximum absolute atomic E-state index is 2.34. The summed E-state index contributed by atoms with van der Waals surface area (Å²) in [5, 5.41) is 0. The van der Waals surface area contributed by atoms with Crippen molar-refractivity contribution in [2.45, 2.75) is 111 Å². The minimum atomic E-state index is 0.914. The van der Waals surface area contributed by atoms with Gasteiger partial charge < -0.3 is 0 Å². The standard InChI is InChI=1S/C11H22.C10H20/c1-10(2)8-9-11-6-4-3-5-7-11;1-9(2)8-10-6-4-3-5-7-10/h10-11H,3-9H2,1-2H3;9-10H,3-8H2,1-2H3. The predicted octanol–water partition coefficient (Wildman–Crippen LogP) is 7.62. The van der Waals surface area contributed by atoms with Crippen molar-refractivity contribution in [1.29, 1.82) is 0 Å². The molecule has 0 aromatic rings. The Balaban J connectivity index is 0.000000211. The summed E-state index contributed by atoms with van der Waals surface area (Å²) in [4.78, 5) is 0. The van der Waals surface area contributed by atoms with Crippen molar-refractivity contribution in [1.82, 2.24) is 0 Å². The van der Waals surface area contributed by atoms with Gasteiger partial charge in [-0.25, -0.2) is 0 Å². The van der Waals surface area contributed by atoms with Gasteiger partial charge in [-0.3, -0.25) is 0 Å². The van der Waals surface area contributed by atoms with E-state index in [2.05, 4.69) is 27.7 Å². The summed E-state index contributed by atoms with van der Waals surface area (Å²) < 4.78 is 0. The largest absolute Gasteiger partial charge is 0.0628 e. The van der Waals surface area contributed by atoms with E-state index in [9.17, 15) is 0 Å². The highest BCUT2D eigenvalue weighted by molar-refractivity contribution is 4.67. The van der Waals surface area contributed by atoms with Gasteiger partial charge in [-0.2, -0.15) is 0 Å². The van der Waals surface area contributed by atoms with Gasteiger partial charge in [0.1, 0.15) is 0 Å². The summed E-state index contributed by atoms with van der Waals surface area (Å²) >= 11 is 0. The second kappa shape index (κ2) is 11.6. The number of hydrogen-bond donors (Lipinski definition) is 0. The van der Waals surface area contributed by atoms with Crippen molar-refractivity contribution >= 4 is 0 Å². The van der Waals surface area contributed by atoms with Gasteiger partial charge >= 0.3 is 0 Å². The first kappa shape index (κ1) is 19.0. The molecular weight excluding hydrogens is 252 g/mol. The van der Waals surface area contributed by atoms with Crippen LogP contribution in [0.4, 0.5) is 0 Å². The van der Waals surface area contributed by atoms with Crippen LogP contribution in [0.25, 0.3) is 0 Å². The molecule has 0 heterocycles. The summed E-state index contributed by atoms with van der Waals surface area (Å²) in [6.45, 7) is 9.36. The van der Waals surface area contributed by atoms with Gasteiger partial charge in [0.05, 0.1) is 0 Å². The zero-order valence-electron chi connectivity index (χ0n) is 15.5. The Morgan fingerprint density at radius 3 is 1.52 bits per heavy atom. The van der Waals surface area contributed by atoms with Gasteiger partial charge in [-0.1, -0.05) is 105 Å². The van der Waals surface area contributed by atoms with Crippen molar-refractivity contribution in [3.05, 3.63) is 0 Å². The molecule has 0 heteroatoms. The summed E-state index contributed by atoms with van der Waals surface area (Å²) in [5.74, 6) is 4.00. The molecule has 0 amide bonds. The van der Waals surface area contributed by atoms with Crippen LogP contribution in [0.5, 0.6) is 0 Å². The summed E-state index contributed by atoms with van der Waals surface area (Å²) in [6.07, 6.45) is 19.5. The molecule has 126 valence electrons. The van der Waals surface area contributed by atoms with Gasteiger partial charge in [0, 0.05) is 0 Å². The molecule has 2 fully saturated rings. The molecule has 0 saturated heterocycles. The van der Waals surface area contributed by atoms with E-state index in [-0.39, 0.29) is 0 Å². The van der Waals surface area contributed by atoms with Crippen LogP contribution in [-0.2, 0) is 0 Å². The molecule has 21 heavy (non-hydrogen) atoms. The van der Waals surface area contributed by atoms with Crippen molar-refractivity contribution in [3.8, 4) is 0 Å². The fourth-order valence-electron chi connectivity index (χ4n) is 4.13. The topological polar surface area (TPSA) is 0 Å². The molecule has 0 unspecified atom stereocenters. The first-order chi connectivity index (χ1) is 10.1. The SMILES string of the molecule is CC(C)CC1CCCCC1.CC(C)CCC1CCCCC1. The highest BCUT2D eigenvalue weighted by Crippen LogP contribution is 2.29. The molecular formula is C21H42. The quantitative estimate of drug-likeness (QED) is 0.489. The van der Waals surface area contributed by atoms with Crippen LogP contribution < -0.4 is 0 Å². The Bertz CT molecular complexity index is 216. The Morgan fingerprint density at radius 1 is 0.619 bits per heavy atom. The summed E-state index contributed by atoms with van der Waals surface area (Å²) in [7, 11) is 0. The molecule has 0 atom stereocenters. The maximum atomic E-state index is 2.34. The van der Waals surface area contributed by atoms with Crippen LogP contribution in [0.2, 0.25) is 0 Å². The molecule has 0 spiro atoms. The third-order valence-electron chi connectivity index (χ3n) is 5.41. The fourth-order valence-corrected chi connectivity index (χ4v) is 4.13. The second-order valence-corrected chi connectivity index (χ2v) is 8.61. The predicted molar refractivity (Wildman–Crippen MR) is 96.7 cm³/mol. The van der Waals surface area contributed by atoms with Gasteiger partial charge in [-0.15, -0.1) is 0 Å². The van der Waals surface area contributed by atoms with Crippen molar-refractivity contribution in [2.24, 2.45) is 23.7 Å². The average Bonchev–Trinajstić information content (AvgIpc) is 2.47. The lowest BCUT2D eigenvalue weighted by molar-refractivity contribution is 0.305. The molecule has 0 aromatic heterocycles. The van der Waals surface area contributed by atoms with Crippen molar-refractivity contribution in [2.75, 3.05) is 0 Å². The van der Waals surface area contributed by atoms with Crippen LogP contribution in [-0.4, -0.2) is 0 Å². The van der Waals surface area contributed by atoms with Gasteiger partial charge in [0.15, 0.2) is 0 Å². The highest BCUT2D eigenvalue weighted by Gasteiger charge is 2.14. The van der Waals surface area contributed by atoms with Gasteiger partial charge in [0.2, 0.25) is 0 Å². The molecule has 0 aromatic carbocycles. The molecule has 2 aliphatic carbocycles. The van der Waals surface area contributed by atoms with Crippen molar-refractivity contribution in [3.63, 3.8) is 0 Å². The van der Waals surface area contributed by atoms with Crippen molar-refractivity contribution < 1.29 is 0 Å². The number of rotatable bonds is 5. The van der Waals surface area contributed by atoms with E-state index in [0.717, 1.165) is 23.7 Å². The summed E-state index contributed by atoms with van der Waals surface area (Å²) in [5.41, 5.74) is 0. The molecule has 0 bridgehead atoms. The molecule has 2 saturated carbocycles. The summed E-state index contributed by atoms with van der Waals surface area (Å²) in [6, 6.07) is 0. The lowest BCUT2D eigenvalue weighted by Gasteiger charge is -2.22. The van der Waals surface area contributed by atoms with E-state index in [1.54, 1.807) is 0 Å². The maximum Gasteiger partial charge on any atom is -0.0412 e. The lowest BCUT2D eigenvalue weighted by atomic mass is 9.84. The Morgan fingerprint density at radius 2 is 1.10 bits per heavy atom. The normalized spacial score (nSPS) is 21.4. The van der Waals surface area contributed by atoms with E-state index in [0.29, 0.717) is 0 Å². The highest BCUT2D eigenvalue weighted by atomic mass is 14.2. The Hall–Kier alpha value is 0. The van der Waals surface area contributed by atoms with Crippen LogP contribution in [0.3, 0.4) is 0 Å². The number of hydrogen-bond acceptors (Lipinski definition) is 0. The van der Waals surface area contributed by atoms with E-state index >= 15 is 0 Å². The van der Waals surface area contributed by atoms with E-state index in [4.69, 9.17) is 0 Å². The average molecular weight is 295 g/mol. The zero-order chi connectivity index (χ0) is 15.5. The van der Waals surface area contributed by atoms with E-state index < -0.39 is 0 Å². The minimum absolute atomic E-state index is 0.914. The molecule has 0 N–H and O–H groups in total. The first-order valence-corrected chi connectivity index (χ1v) is 10.1. The molecule has 0 aliphatic heterocycles. The van der Waals surface area contributed by atoms with Crippen LogP contribution in [0.15, 0.2) is 0 Å². The smallest absolute Gasteiger partial charge is 0.0412 e. The zero-order valence-corrected chi connectivity index (χ0v) is 15.5. The van der Waals surface area contributed by atoms with E-state index in [1.807, 2.05) is 0 Å². The molecule has 2 aliphatic rings. The second-order valence-electron chi connectivity index (χ2n) is 8.61. The minimum Gasteiger partial charge on any atom is -0.0628 e. The molecule has 2 rings (SSSR count). The van der Waals surface area contributed by atoms with Crippen LogP contribution in [0.1, 0.15) is 111 Å². The lowest BCUT2D eigenvalue weighted by Crippen LogP contribution is -2.08. The van der Waals surface area contributed by atoms with Crippen LogP contribution in [0, 0.1) is 23.7 Å². The monoisotopic (exact) mass is 294 g/mol. The molecule has 0 radical (unpaired) electrons. The Kier molecular flexibility index (Phi) is 10.5.